The second kappa shape index (κ2) is 9.17. The van der Waals surface area contributed by atoms with Gasteiger partial charge in [-0.2, -0.15) is 0 Å². The number of hydrogen-bond donors (Lipinski definition) is 0. The van der Waals surface area contributed by atoms with Crippen LogP contribution < -0.4 is 4.74 Å². The summed E-state index contributed by atoms with van der Waals surface area (Å²) < 4.78 is 8.96. The Hall–Kier alpha value is -5.18. The third kappa shape index (κ3) is 3.62. The van der Waals surface area contributed by atoms with Crippen LogP contribution in [-0.2, 0) is 0 Å². The van der Waals surface area contributed by atoms with Gasteiger partial charge in [0, 0.05) is 31.1 Å². The number of thiophene rings is 1. The van der Waals surface area contributed by atoms with E-state index in [2.05, 4.69) is 140 Å². The SMILES string of the molecule is c1ccc(-c2cc(-c3cc4c5c(cccc5c3)Oc3ccccc3-4)cc(-c3cccc4sc5ccccc5c34)c2)cc1. The Morgan fingerprint density at radius 2 is 1.05 bits per heavy atom. The van der Waals surface area contributed by atoms with Crippen LogP contribution in [0, 0.1) is 0 Å². The van der Waals surface area contributed by atoms with Crippen molar-refractivity contribution in [1.82, 2.24) is 0 Å². The van der Waals surface area contributed by atoms with Crippen LogP contribution in [0.2, 0.25) is 0 Å². The Morgan fingerprint density at radius 3 is 1.98 bits per heavy atom. The lowest BCUT2D eigenvalue weighted by atomic mass is 9.88. The molecule has 0 saturated heterocycles. The second-order valence-electron chi connectivity index (χ2n) is 10.9. The maximum absolute atomic E-state index is 6.32. The molecule has 196 valence electrons. The fraction of sp³-hybridized carbons (Fsp3) is 0. The molecule has 0 unspecified atom stereocenters. The predicted octanol–water partition coefficient (Wildman–Crippen LogP) is 12.0. The largest absolute Gasteiger partial charge is 0.456 e. The van der Waals surface area contributed by atoms with Crippen LogP contribution in [0.1, 0.15) is 0 Å². The average molecular weight is 553 g/mol. The van der Waals surface area contributed by atoms with Crippen LogP contribution in [0.5, 0.6) is 11.5 Å². The summed E-state index contributed by atoms with van der Waals surface area (Å²) >= 11 is 1.87. The van der Waals surface area contributed by atoms with Crippen molar-refractivity contribution in [2.75, 3.05) is 0 Å². The number of fused-ring (bicyclic) bond motifs is 5. The van der Waals surface area contributed by atoms with Crippen LogP contribution >= 0.6 is 11.3 Å². The normalized spacial score (nSPS) is 12.0. The topological polar surface area (TPSA) is 9.23 Å². The molecule has 7 aromatic carbocycles. The fourth-order valence-electron chi connectivity index (χ4n) is 6.52. The molecule has 0 atom stereocenters. The number of benzene rings is 7. The minimum atomic E-state index is 0.907. The van der Waals surface area contributed by atoms with E-state index in [0.29, 0.717) is 0 Å². The molecule has 8 aromatic rings. The summed E-state index contributed by atoms with van der Waals surface area (Å²) in [6, 6.07) is 52.6. The Bertz CT molecular complexity index is 2330. The molecule has 0 bridgehead atoms. The van der Waals surface area contributed by atoms with Gasteiger partial charge in [0.15, 0.2) is 0 Å². The molecule has 0 radical (unpaired) electrons. The van der Waals surface area contributed by atoms with E-state index < -0.39 is 0 Å². The summed E-state index contributed by atoms with van der Waals surface area (Å²) in [6.07, 6.45) is 0. The van der Waals surface area contributed by atoms with Gasteiger partial charge in [0.05, 0.1) is 0 Å². The first-order valence-electron chi connectivity index (χ1n) is 14.3. The first-order valence-corrected chi connectivity index (χ1v) is 15.1. The van der Waals surface area contributed by atoms with Gasteiger partial charge in [-0.1, -0.05) is 91.0 Å². The van der Waals surface area contributed by atoms with E-state index in [1.165, 1.54) is 69.9 Å². The molecule has 2 heterocycles. The zero-order valence-electron chi connectivity index (χ0n) is 22.7. The van der Waals surface area contributed by atoms with Crippen molar-refractivity contribution in [2.45, 2.75) is 0 Å². The molecule has 1 aliphatic rings. The van der Waals surface area contributed by atoms with E-state index in [4.69, 9.17) is 4.74 Å². The zero-order valence-corrected chi connectivity index (χ0v) is 23.5. The lowest BCUT2D eigenvalue weighted by molar-refractivity contribution is 0.487. The summed E-state index contributed by atoms with van der Waals surface area (Å²) in [5, 5.41) is 5.01. The van der Waals surface area contributed by atoms with Crippen molar-refractivity contribution in [1.29, 1.82) is 0 Å². The maximum atomic E-state index is 6.32. The molecule has 0 spiro atoms. The third-order valence-electron chi connectivity index (χ3n) is 8.42. The molecule has 0 fully saturated rings. The molecule has 42 heavy (non-hydrogen) atoms. The van der Waals surface area contributed by atoms with Gasteiger partial charge in [0.25, 0.3) is 0 Å². The summed E-state index contributed by atoms with van der Waals surface area (Å²) in [4.78, 5) is 0. The van der Waals surface area contributed by atoms with E-state index in [1.54, 1.807) is 0 Å². The Kier molecular flexibility index (Phi) is 5.13. The quantitative estimate of drug-likeness (QED) is 0.212. The Labute approximate surface area is 247 Å². The van der Waals surface area contributed by atoms with Crippen LogP contribution in [0.15, 0.2) is 146 Å². The van der Waals surface area contributed by atoms with Gasteiger partial charge in [-0.05, 0) is 98.9 Å². The number of para-hydroxylation sites is 1. The lowest BCUT2D eigenvalue weighted by Crippen LogP contribution is -1.97. The molecule has 1 nitrogen and oxygen atoms in total. The van der Waals surface area contributed by atoms with Gasteiger partial charge in [-0.15, -0.1) is 11.3 Å². The minimum Gasteiger partial charge on any atom is -0.456 e. The average Bonchev–Trinajstić information content (AvgIpc) is 3.44. The summed E-state index contributed by atoms with van der Waals surface area (Å²) in [5.74, 6) is 1.83. The van der Waals surface area contributed by atoms with Gasteiger partial charge in [-0.25, -0.2) is 0 Å². The van der Waals surface area contributed by atoms with Gasteiger partial charge < -0.3 is 4.74 Å². The monoisotopic (exact) mass is 552 g/mol. The van der Waals surface area contributed by atoms with E-state index >= 15 is 0 Å². The molecule has 0 N–H and O–H groups in total. The van der Waals surface area contributed by atoms with E-state index in [9.17, 15) is 0 Å². The van der Waals surface area contributed by atoms with Gasteiger partial charge in [-0.3, -0.25) is 0 Å². The molecule has 0 amide bonds. The first-order chi connectivity index (χ1) is 20.8. The Morgan fingerprint density at radius 1 is 0.381 bits per heavy atom. The van der Waals surface area contributed by atoms with Crippen molar-refractivity contribution >= 4 is 42.3 Å². The van der Waals surface area contributed by atoms with Gasteiger partial charge in [0.2, 0.25) is 0 Å². The number of rotatable bonds is 3. The maximum Gasteiger partial charge on any atom is 0.135 e. The highest BCUT2D eigenvalue weighted by atomic mass is 32.1. The van der Waals surface area contributed by atoms with Gasteiger partial charge >= 0.3 is 0 Å². The number of hydrogen-bond acceptors (Lipinski definition) is 2. The summed E-state index contributed by atoms with van der Waals surface area (Å²) in [7, 11) is 0. The van der Waals surface area contributed by atoms with Crippen molar-refractivity contribution in [3.63, 3.8) is 0 Å². The minimum absolute atomic E-state index is 0.907. The van der Waals surface area contributed by atoms with Crippen LogP contribution in [0.4, 0.5) is 0 Å². The molecular weight excluding hydrogens is 529 g/mol. The van der Waals surface area contributed by atoms with Crippen molar-refractivity contribution in [3.05, 3.63) is 146 Å². The molecule has 0 aliphatic carbocycles. The van der Waals surface area contributed by atoms with E-state index in [1.807, 2.05) is 17.4 Å². The van der Waals surface area contributed by atoms with Gasteiger partial charge in [0.1, 0.15) is 11.5 Å². The molecule has 2 heteroatoms. The molecule has 0 saturated carbocycles. The second-order valence-corrected chi connectivity index (χ2v) is 12.0. The Balaban J connectivity index is 1.33. The lowest BCUT2D eigenvalue weighted by Gasteiger charge is -2.22. The third-order valence-corrected chi connectivity index (χ3v) is 9.56. The van der Waals surface area contributed by atoms with Crippen LogP contribution in [-0.4, -0.2) is 0 Å². The standard InChI is InChI=1S/C40H24OS/c1-2-10-25(11-3-1)27-21-28(23-30(22-27)31-15-9-19-38-40(31)33-14-5-7-18-37(33)42-38)29-20-26-12-8-17-36-39(26)34(24-29)32-13-4-6-16-35(32)41-36/h1-24H. The van der Waals surface area contributed by atoms with Crippen molar-refractivity contribution in [2.24, 2.45) is 0 Å². The zero-order chi connectivity index (χ0) is 27.6. The van der Waals surface area contributed by atoms with E-state index in [0.717, 1.165) is 17.1 Å². The van der Waals surface area contributed by atoms with Crippen LogP contribution in [0.25, 0.3) is 75.5 Å². The fourth-order valence-corrected chi connectivity index (χ4v) is 7.65. The molecule has 1 aliphatic heterocycles. The van der Waals surface area contributed by atoms with Crippen LogP contribution in [0.3, 0.4) is 0 Å². The highest BCUT2D eigenvalue weighted by Gasteiger charge is 2.21. The number of ether oxygens (including phenoxy) is 1. The summed E-state index contributed by atoms with van der Waals surface area (Å²) in [5.41, 5.74) is 9.69. The molecular formula is C40H24OS. The highest BCUT2D eigenvalue weighted by Crippen LogP contribution is 2.48. The molecule has 1 aromatic heterocycles. The molecule has 9 rings (SSSR count). The predicted molar refractivity (Wildman–Crippen MR) is 179 cm³/mol. The van der Waals surface area contributed by atoms with Crippen molar-refractivity contribution < 1.29 is 4.74 Å². The highest BCUT2D eigenvalue weighted by molar-refractivity contribution is 7.25. The summed E-state index contributed by atoms with van der Waals surface area (Å²) in [6.45, 7) is 0. The first kappa shape index (κ1) is 23.5. The smallest absolute Gasteiger partial charge is 0.135 e. The van der Waals surface area contributed by atoms with E-state index in [-0.39, 0.29) is 0 Å². The van der Waals surface area contributed by atoms with Crippen molar-refractivity contribution in [3.8, 4) is 56.0 Å².